The molecule has 0 heterocycles. The summed E-state index contributed by atoms with van der Waals surface area (Å²) in [5.74, 6) is 0.643. The summed E-state index contributed by atoms with van der Waals surface area (Å²) in [4.78, 5) is 0. The molecule has 0 radical (unpaired) electrons. The van der Waals surface area contributed by atoms with Gasteiger partial charge in [-0.2, -0.15) is 0 Å². The first-order valence-corrected chi connectivity index (χ1v) is 4.38. The first-order chi connectivity index (χ1) is 6.84. The number of ether oxygens (including phenoxy) is 3. The van der Waals surface area contributed by atoms with E-state index in [1.54, 1.807) is 19.2 Å². The molecule has 0 amide bonds. The summed E-state index contributed by atoms with van der Waals surface area (Å²) in [5, 5.41) is 0. The van der Waals surface area contributed by atoms with Gasteiger partial charge in [0.2, 0.25) is 0 Å². The van der Waals surface area contributed by atoms with Crippen LogP contribution in [0.4, 0.5) is 5.69 Å². The standard InChI is InChI=1S/C10H15NO3/c1-12-6-7-13-8-14-10-5-3-2-4-9(10)11/h2-5H,6-8,11H2,1H3. The second-order valence-electron chi connectivity index (χ2n) is 2.70. The number of rotatable bonds is 6. The minimum absolute atomic E-state index is 0.192. The highest BCUT2D eigenvalue weighted by Gasteiger charge is 1.97. The van der Waals surface area contributed by atoms with E-state index in [1.165, 1.54) is 0 Å². The van der Waals surface area contributed by atoms with Gasteiger partial charge >= 0.3 is 0 Å². The predicted octanol–water partition coefficient (Wildman–Crippen LogP) is 1.27. The fourth-order valence-electron chi connectivity index (χ4n) is 0.918. The molecule has 1 rings (SSSR count). The molecule has 14 heavy (non-hydrogen) atoms. The van der Waals surface area contributed by atoms with Crippen LogP contribution in [0.15, 0.2) is 24.3 Å². The molecule has 0 aliphatic heterocycles. The molecule has 0 atom stereocenters. The second kappa shape index (κ2) is 6.23. The molecule has 1 aromatic carbocycles. The number of para-hydroxylation sites is 2. The van der Waals surface area contributed by atoms with Gasteiger partial charge in [0, 0.05) is 7.11 Å². The highest BCUT2D eigenvalue weighted by Crippen LogP contribution is 2.19. The number of anilines is 1. The Morgan fingerprint density at radius 2 is 2.00 bits per heavy atom. The predicted molar refractivity (Wildman–Crippen MR) is 54.2 cm³/mol. The Balaban J connectivity index is 2.21. The molecule has 0 aromatic heterocycles. The van der Waals surface area contributed by atoms with Crippen molar-refractivity contribution in [3.05, 3.63) is 24.3 Å². The lowest BCUT2D eigenvalue weighted by molar-refractivity contribution is -0.00813. The third kappa shape index (κ3) is 3.64. The average Bonchev–Trinajstić information content (AvgIpc) is 2.20. The molecule has 4 heteroatoms. The van der Waals surface area contributed by atoms with Gasteiger partial charge in [0.25, 0.3) is 0 Å². The highest BCUT2D eigenvalue weighted by atomic mass is 16.7. The zero-order valence-corrected chi connectivity index (χ0v) is 8.23. The Morgan fingerprint density at radius 1 is 1.21 bits per heavy atom. The Labute approximate surface area is 83.6 Å². The highest BCUT2D eigenvalue weighted by molar-refractivity contribution is 5.51. The van der Waals surface area contributed by atoms with Gasteiger partial charge in [0.15, 0.2) is 6.79 Å². The van der Waals surface area contributed by atoms with Crippen molar-refractivity contribution in [2.45, 2.75) is 0 Å². The second-order valence-corrected chi connectivity index (χ2v) is 2.70. The summed E-state index contributed by atoms with van der Waals surface area (Å²) in [5.41, 5.74) is 6.27. The average molecular weight is 197 g/mol. The fourth-order valence-corrected chi connectivity index (χ4v) is 0.918. The van der Waals surface area contributed by atoms with Crippen LogP contribution in [0.3, 0.4) is 0 Å². The van der Waals surface area contributed by atoms with Crippen molar-refractivity contribution in [2.24, 2.45) is 0 Å². The zero-order chi connectivity index (χ0) is 10.2. The summed E-state index contributed by atoms with van der Waals surface area (Å²) >= 11 is 0. The number of nitrogen functional groups attached to an aromatic ring is 1. The Bertz CT molecular complexity index is 265. The quantitative estimate of drug-likeness (QED) is 0.424. The van der Waals surface area contributed by atoms with Gasteiger partial charge in [-0.15, -0.1) is 0 Å². The first kappa shape index (κ1) is 10.8. The monoisotopic (exact) mass is 197 g/mol. The molecule has 0 spiro atoms. The van der Waals surface area contributed by atoms with E-state index in [2.05, 4.69) is 0 Å². The molecule has 0 fully saturated rings. The molecule has 0 saturated carbocycles. The molecule has 0 aliphatic rings. The fraction of sp³-hybridized carbons (Fsp3) is 0.400. The van der Waals surface area contributed by atoms with Crippen molar-refractivity contribution < 1.29 is 14.2 Å². The van der Waals surface area contributed by atoms with Gasteiger partial charge in [-0.1, -0.05) is 12.1 Å². The van der Waals surface area contributed by atoms with Gasteiger partial charge in [-0.3, -0.25) is 0 Å². The molecule has 0 aliphatic carbocycles. The Kier molecular flexibility index (Phi) is 4.82. The van der Waals surface area contributed by atoms with Gasteiger partial charge in [0.05, 0.1) is 18.9 Å². The van der Waals surface area contributed by atoms with Gasteiger partial charge in [0.1, 0.15) is 5.75 Å². The molecule has 0 bridgehead atoms. The van der Waals surface area contributed by atoms with Crippen LogP contribution in [0.5, 0.6) is 5.75 Å². The minimum Gasteiger partial charge on any atom is -0.465 e. The van der Waals surface area contributed by atoms with Crippen molar-refractivity contribution in [1.82, 2.24) is 0 Å². The molecule has 78 valence electrons. The van der Waals surface area contributed by atoms with E-state index in [9.17, 15) is 0 Å². The third-order valence-electron chi connectivity index (χ3n) is 1.65. The lowest BCUT2D eigenvalue weighted by Crippen LogP contribution is -2.08. The van der Waals surface area contributed by atoms with E-state index in [0.29, 0.717) is 24.7 Å². The number of methoxy groups -OCH3 is 1. The van der Waals surface area contributed by atoms with Gasteiger partial charge < -0.3 is 19.9 Å². The third-order valence-corrected chi connectivity index (χ3v) is 1.65. The maximum absolute atomic E-state index is 5.66. The Morgan fingerprint density at radius 3 is 2.71 bits per heavy atom. The smallest absolute Gasteiger partial charge is 0.189 e. The van der Waals surface area contributed by atoms with Crippen LogP contribution >= 0.6 is 0 Å². The summed E-state index contributed by atoms with van der Waals surface area (Å²) in [7, 11) is 1.62. The topological polar surface area (TPSA) is 53.7 Å². The molecular weight excluding hydrogens is 182 g/mol. The van der Waals surface area contributed by atoms with E-state index >= 15 is 0 Å². The normalized spacial score (nSPS) is 10.1. The van der Waals surface area contributed by atoms with E-state index in [-0.39, 0.29) is 6.79 Å². The van der Waals surface area contributed by atoms with Crippen LogP contribution < -0.4 is 10.5 Å². The van der Waals surface area contributed by atoms with Crippen molar-refractivity contribution >= 4 is 5.69 Å². The summed E-state index contributed by atoms with van der Waals surface area (Å²) < 4.78 is 15.2. The lowest BCUT2D eigenvalue weighted by Gasteiger charge is -2.08. The largest absolute Gasteiger partial charge is 0.465 e. The van der Waals surface area contributed by atoms with Crippen molar-refractivity contribution in [3.8, 4) is 5.75 Å². The molecular formula is C10H15NO3. The van der Waals surface area contributed by atoms with Crippen molar-refractivity contribution in [2.75, 3.05) is 32.9 Å². The molecule has 0 unspecified atom stereocenters. The van der Waals surface area contributed by atoms with Crippen LogP contribution in [0.25, 0.3) is 0 Å². The number of nitrogens with two attached hydrogens (primary N) is 1. The van der Waals surface area contributed by atoms with Gasteiger partial charge in [-0.05, 0) is 12.1 Å². The summed E-state index contributed by atoms with van der Waals surface area (Å²) in [6, 6.07) is 7.30. The van der Waals surface area contributed by atoms with Gasteiger partial charge in [-0.25, -0.2) is 0 Å². The van der Waals surface area contributed by atoms with Crippen LogP contribution in [0.1, 0.15) is 0 Å². The molecule has 4 nitrogen and oxygen atoms in total. The number of hydrogen-bond acceptors (Lipinski definition) is 4. The zero-order valence-electron chi connectivity index (χ0n) is 8.23. The van der Waals surface area contributed by atoms with Crippen LogP contribution in [-0.2, 0) is 9.47 Å². The van der Waals surface area contributed by atoms with E-state index in [1.807, 2.05) is 12.1 Å². The van der Waals surface area contributed by atoms with E-state index in [4.69, 9.17) is 19.9 Å². The van der Waals surface area contributed by atoms with Crippen LogP contribution in [-0.4, -0.2) is 27.1 Å². The summed E-state index contributed by atoms with van der Waals surface area (Å²) in [6.07, 6.45) is 0. The molecule has 2 N–H and O–H groups in total. The lowest BCUT2D eigenvalue weighted by atomic mass is 10.3. The van der Waals surface area contributed by atoms with Crippen molar-refractivity contribution in [1.29, 1.82) is 0 Å². The van der Waals surface area contributed by atoms with Crippen LogP contribution in [0.2, 0.25) is 0 Å². The van der Waals surface area contributed by atoms with Crippen molar-refractivity contribution in [3.63, 3.8) is 0 Å². The van der Waals surface area contributed by atoms with Crippen LogP contribution in [0, 0.1) is 0 Å². The van der Waals surface area contributed by atoms with E-state index < -0.39 is 0 Å². The molecule has 0 saturated heterocycles. The number of benzene rings is 1. The molecule has 1 aromatic rings. The maximum atomic E-state index is 5.66. The summed E-state index contributed by atoms with van der Waals surface area (Å²) in [6.45, 7) is 1.27. The number of hydrogen-bond donors (Lipinski definition) is 1. The first-order valence-electron chi connectivity index (χ1n) is 4.38. The minimum atomic E-state index is 0.192. The maximum Gasteiger partial charge on any atom is 0.189 e. The van der Waals surface area contributed by atoms with E-state index in [0.717, 1.165) is 0 Å². The Hall–Kier alpha value is -1.26. The SMILES string of the molecule is COCCOCOc1ccccc1N.